The van der Waals surface area contributed by atoms with E-state index in [4.69, 9.17) is 9.84 Å². The third-order valence-corrected chi connectivity index (χ3v) is 3.18. The Kier molecular flexibility index (Phi) is 5.99. The molecule has 1 unspecified atom stereocenters. The molecule has 0 aliphatic rings. The normalized spacial score (nSPS) is 12.9. The number of ether oxygens (including phenoxy) is 1. The summed E-state index contributed by atoms with van der Waals surface area (Å²) in [6.07, 6.45) is 0.157. The van der Waals surface area contributed by atoms with Gasteiger partial charge in [0.15, 0.2) is 0 Å². The van der Waals surface area contributed by atoms with E-state index in [0.717, 1.165) is 18.7 Å². The van der Waals surface area contributed by atoms with Gasteiger partial charge in [0.2, 0.25) is 0 Å². The van der Waals surface area contributed by atoms with E-state index in [9.17, 15) is 4.79 Å². The van der Waals surface area contributed by atoms with Crippen LogP contribution in [0.3, 0.4) is 0 Å². The van der Waals surface area contributed by atoms with Crippen LogP contribution in [-0.2, 0) is 11.3 Å². The van der Waals surface area contributed by atoms with Gasteiger partial charge in [-0.15, -0.1) is 0 Å². The van der Waals surface area contributed by atoms with Crippen LogP contribution in [0.15, 0.2) is 24.3 Å². The fourth-order valence-corrected chi connectivity index (χ4v) is 1.90. The average molecular weight is 265 g/mol. The molecule has 0 aliphatic heterocycles. The van der Waals surface area contributed by atoms with Crippen molar-refractivity contribution in [2.75, 3.05) is 13.7 Å². The first-order chi connectivity index (χ1) is 8.93. The highest BCUT2D eigenvalue weighted by molar-refractivity contribution is 5.87. The van der Waals surface area contributed by atoms with Gasteiger partial charge in [0.1, 0.15) is 0 Å². The Hall–Kier alpha value is -1.39. The minimum atomic E-state index is -0.886. The van der Waals surface area contributed by atoms with Gasteiger partial charge in [-0.3, -0.25) is 4.90 Å². The lowest BCUT2D eigenvalue weighted by Gasteiger charge is -2.29. The molecular formula is C15H23NO3. The molecule has 1 aromatic rings. The lowest BCUT2D eigenvalue weighted by molar-refractivity contribution is 0.0620. The van der Waals surface area contributed by atoms with Gasteiger partial charge in [0, 0.05) is 26.2 Å². The van der Waals surface area contributed by atoms with Crippen LogP contribution >= 0.6 is 0 Å². The SMILES string of the molecule is COC(C)CN(Cc1cccc(C(=O)O)c1)C(C)C. The lowest BCUT2D eigenvalue weighted by Crippen LogP contribution is -2.36. The largest absolute Gasteiger partial charge is 0.478 e. The number of aromatic carboxylic acids is 1. The zero-order chi connectivity index (χ0) is 14.4. The van der Waals surface area contributed by atoms with Crippen LogP contribution < -0.4 is 0 Å². The third-order valence-electron chi connectivity index (χ3n) is 3.18. The fraction of sp³-hybridized carbons (Fsp3) is 0.533. The third kappa shape index (κ3) is 5.01. The summed E-state index contributed by atoms with van der Waals surface area (Å²) in [5, 5.41) is 9.00. The van der Waals surface area contributed by atoms with Crippen LogP contribution in [-0.4, -0.2) is 41.8 Å². The molecule has 0 saturated heterocycles. The summed E-state index contributed by atoms with van der Waals surface area (Å²) in [4.78, 5) is 13.2. The second-order valence-corrected chi connectivity index (χ2v) is 5.08. The maximum Gasteiger partial charge on any atom is 0.335 e. The predicted molar refractivity (Wildman–Crippen MR) is 75.4 cm³/mol. The second-order valence-electron chi connectivity index (χ2n) is 5.08. The highest BCUT2D eigenvalue weighted by Gasteiger charge is 2.14. The van der Waals surface area contributed by atoms with Gasteiger partial charge in [-0.2, -0.15) is 0 Å². The Morgan fingerprint density at radius 1 is 1.37 bits per heavy atom. The highest BCUT2D eigenvalue weighted by atomic mass is 16.5. The molecular weight excluding hydrogens is 242 g/mol. The van der Waals surface area contributed by atoms with Gasteiger partial charge in [0.25, 0.3) is 0 Å². The standard InChI is InChI=1S/C15H23NO3/c1-11(2)16(9-12(3)19-4)10-13-6-5-7-14(8-13)15(17)18/h5-8,11-12H,9-10H2,1-4H3,(H,17,18). The number of benzene rings is 1. The average Bonchev–Trinajstić information content (AvgIpc) is 2.37. The summed E-state index contributed by atoms with van der Waals surface area (Å²) in [6, 6.07) is 7.47. The molecule has 0 heterocycles. The van der Waals surface area contributed by atoms with Crippen molar-refractivity contribution in [3.05, 3.63) is 35.4 Å². The van der Waals surface area contributed by atoms with E-state index in [1.807, 2.05) is 13.0 Å². The lowest BCUT2D eigenvalue weighted by atomic mass is 10.1. The van der Waals surface area contributed by atoms with Crippen molar-refractivity contribution in [1.82, 2.24) is 4.90 Å². The van der Waals surface area contributed by atoms with E-state index in [2.05, 4.69) is 18.7 Å². The molecule has 106 valence electrons. The van der Waals surface area contributed by atoms with E-state index in [1.54, 1.807) is 25.3 Å². The predicted octanol–water partition coefficient (Wildman–Crippen LogP) is 2.63. The first-order valence-electron chi connectivity index (χ1n) is 6.53. The molecule has 0 aromatic heterocycles. The number of hydrogen-bond acceptors (Lipinski definition) is 3. The van der Waals surface area contributed by atoms with Gasteiger partial charge in [-0.1, -0.05) is 12.1 Å². The van der Waals surface area contributed by atoms with Gasteiger partial charge < -0.3 is 9.84 Å². The van der Waals surface area contributed by atoms with Gasteiger partial charge >= 0.3 is 5.97 Å². The Bertz CT molecular complexity index is 418. The van der Waals surface area contributed by atoms with E-state index in [-0.39, 0.29) is 6.10 Å². The molecule has 1 rings (SSSR count). The van der Waals surface area contributed by atoms with E-state index in [1.165, 1.54) is 0 Å². The summed E-state index contributed by atoms with van der Waals surface area (Å²) in [6.45, 7) is 7.84. The molecule has 19 heavy (non-hydrogen) atoms. The Labute approximate surface area is 115 Å². The van der Waals surface area contributed by atoms with Crippen LogP contribution in [0.2, 0.25) is 0 Å². The molecule has 4 nitrogen and oxygen atoms in total. The zero-order valence-corrected chi connectivity index (χ0v) is 12.1. The summed E-state index contributed by atoms with van der Waals surface area (Å²) in [5.41, 5.74) is 1.35. The number of hydrogen-bond donors (Lipinski definition) is 1. The molecule has 0 saturated carbocycles. The summed E-state index contributed by atoms with van der Waals surface area (Å²) >= 11 is 0. The van der Waals surface area contributed by atoms with Crippen LogP contribution in [0.1, 0.15) is 36.7 Å². The zero-order valence-electron chi connectivity index (χ0n) is 12.1. The number of carboxylic acid groups (broad SMARTS) is 1. The van der Waals surface area contributed by atoms with Crippen LogP contribution in [0.25, 0.3) is 0 Å². The molecule has 1 N–H and O–H groups in total. The number of carbonyl (C=O) groups is 1. The first kappa shape index (κ1) is 15.7. The second kappa shape index (κ2) is 7.26. The van der Waals surface area contributed by atoms with Crippen molar-refractivity contribution in [3.8, 4) is 0 Å². The van der Waals surface area contributed by atoms with Crippen molar-refractivity contribution < 1.29 is 14.6 Å². The highest BCUT2D eigenvalue weighted by Crippen LogP contribution is 2.12. The summed E-state index contributed by atoms with van der Waals surface area (Å²) < 4.78 is 5.29. The molecule has 0 fully saturated rings. The summed E-state index contributed by atoms with van der Waals surface area (Å²) in [5.74, 6) is -0.886. The number of carboxylic acids is 1. The van der Waals surface area contributed by atoms with Gasteiger partial charge in [0.05, 0.1) is 11.7 Å². The molecule has 1 atom stereocenters. The Morgan fingerprint density at radius 2 is 2.05 bits per heavy atom. The molecule has 0 spiro atoms. The van der Waals surface area contributed by atoms with Crippen molar-refractivity contribution in [3.63, 3.8) is 0 Å². The Balaban J connectivity index is 2.78. The first-order valence-corrected chi connectivity index (χ1v) is 6.53. The number of nitrogens with zero attached hydrogens (tertiary/aromatic N) is 1. The molecule has 4 heteroatoms. The van der Waals surface area contributed by atoms with Crippen LogP contribution in [0, 0.1) is 0 Å². The van der Waals surface area contributed by atoms with Crippen molar-refractivity contribution in [2.24, 2.45) is 0 Å². The number of rotatable bonds is 7. The van der Waals surface area contributed by atoms with Crippen LogP contribution in [0.5, 0.6) is 0 Å². The minimum absolute atomic E-state index is 0.157. The van der Waals surface area contributed by atoms with E-state index in [0.29, 0.717) is 11.6 Å². The maximum atomic E-state index is 11.0. The molecule has 0 radical (unpaired) electrons. The molecule has 0 bridgehead atoms. The topological polar surface area (TPSA) is 49.8 Å². The van der Waals surface area contributed by atoms with Crippen LogP contribution in [0.4, 0.5) is 0 Å². The van der Waals surface area contributed by atoms with Crippen molar-refractivity contribution in [1.29, 1.82) is 0 Å². The van der Waals surface area contributed by atoms with Crippen molar-refractivity contribution >= 4 is 5.97 Å². The smallest absolute Gasteiger partial charge is 0.335 e. The molecule has 1 aromatic carbocycles. The molecule has 0 aliphatic carbocycles. The maximum absolute atomic E-state index is 11.0. The van der Waals surface area contributed by atoms with Crippen molar-refractivity contribution in [2.45, 2.75) is 39.5 Å². The van der Waals surface area contributed by atoms with E-state index >= 15 is 0 Å². The Morgan fingerprint density at radius 3 is 2.58 bits per heavy atom. The quantitative estimate of drug-likeness (QED) is 0.823. The minimum Gasteiger partial charge on any atom is -0.478 e. The number of methoxy groups -OCH3 is 1. The van der Waals surface area contributed by atoms with Gasteiger partial charge in [-0.25, -0.2) is 4.79 Å². The fourth-order valence-electron chi connectivity index (χ4n) is 1.90. The molecule has 0 amide bonds. The monoisotopic (exact) mass is 265 g/mol. The van der Waals surface area contributed by atoms with Gasteiger partial charge in [-0.05, 0) is 38.5 Å². The van der Waals surface area contributed by atoms with E-state index < -0.39 is 5.97 Å². The summed E-state index contributed by atoms with van der Waals surface area (Å²) in [7, 11) is 1.70.